The van der Waals surface area contributed by atoms with E-state index in [1.54, 1.807) is 0 Å². The van der Waals surface area contributed by atoms with Crippen LogP contribution in [0, 0.1) is 0 Å². The standard InChI is InChI=1S/C40H28As2O/c1-5-21-33-29(13-1)17-9-25-37(33)41(38-26-10-18-30-14-2-6-22-34(30)38)43-42(39-27-11-19-31-15-3-7-23-35(31)39)40-28-12-20-32-16-4-8-24-36(32)40/h1-28H. The van der Waals surface area contributed by atoms with Gasteiger partial charge in [-0.15, -0.1) is 0 Å². The number of fused-ring (bicyclic) bond motifs is 4. The van der Waals surface area contributed by atoms with Crippen LogP contribution in [0.15, 0.2) is 170 Å². The van der Waals surface area contributed by atoms with Gasteiger partial charge in [0.15, 0.2) is 0 Å². The molecule has 43 heavy (non-hydrogen) atoms. The van der Waals surface area contributed by atoms with E-state index in [9.17, 15) is 0 Å². The molecule has 0 heterocycles. The number of hydrogen-bond donors (Lipinski definition) is 0. The fraction of sp³-hybridized carbons (Fsp3) is 0. The van der Waals surface area contributed by atoms with Crippen LogP contribution in [0.4, 0.5) is 0 Å². The predicted octanol–water partition coefficient (Wildman–Crippen LogP) is 7.23. The van der Waals surface area contributed by atoms with Gasteiger partial charge in [-0.05, 0) is 0 Å². The van der Waals surface area contributed by atoms with Crippen molar-refractivity contribution in [2.24, 2.45) is 0 Å². The minimum atomic E-state index is -2.34. The van der Waals surface area contributed by atoms with Crippen molar-refractivity contribution in [1.29, 1.82) is 0 Å². The number of hydrogen-bond acceptors (Lipinski definition) is 1. The van der Waals surface area contributed by atoms with Gasteiger partial charge in [-0.2, -0.15) is 0 Å². The predicted molar refractivity (Wildman–Crippen MR) is 187 cm³/mol. The van der Waals surface area contributed by atoms with Crippen LogP contribution in [-0.2, 0) is 2.72 Å². The van der Waals surface area contributed by atoms with E-state index in [4.69, 9.17) is 2.72 Å². The molecule has 0 fully saturated rings. The van der Waals surface area contributed by atoms with Crippen LogP contribution in [0.25, 0.3) is 43.1 Å². The molecule has 0 aliphatic heterocycles. The van der Waals surface area contributed by atoms with Crippen molar-refractivity contribution in [3.8, 4) is 0 Å². The molecule has 0 aromatic heterocycles. The second kappa shape index (κ2) is 11.5. The van der Waals surface area contributed by atoms with Gasteiger partial charge in [-0.1, -0.05) is 0 Å². The Morgan fingerprint density at radius 1 is 0.256 bits per heavy atom. The summed E-state index contributed by atoms with van der Waals surface area (Å²) in [5.74, 6) is 0. The normalized spacial score (nSPS) is 11.8. The summed E-state index contributed by atoms with van der Waals surface area (Å²) in [7, 11) is 0. The Balaban J connectivity index is 1.42. The van der Waals surface area contributed by atoms with Gasteiger partial charge in [0.2, 0.25) is 0 Å². The molecule has 0 radical (unpaired) electrons. The molecule has 0 unspecified atom stereocenters. The molecule has 0 spiro atoms. The van der Waals surface area contributed by atoms with E-state index in [-0.39, 0.29) is 0 Å². The molecule has 0 aliphatic carbocycles. The molecule has 0 amide bonds. The molecule has 0 saturated heterocycles. The number of benzene rings is 8. The van der Waals surface area contributed by atoms with Gasteiger partial charge < -0.3 is 0 Å². The molecule has 0 saturated carbocycles. The summed E-state index contributed by atoms with van der Waals surface area (Å²) >= 11 is -4.69. The van der Waals surface area contributed by atoms with Crippen molar-refractivity contribution in [3.05, 3.63) is 170 Å². The topological polar surface area (TPSA) is 9.23 Å². The summed E-state index contributed by atoms with van der Waals surface area (Å²) in [5.41, 5.74) is 0. The molecular weight excluding hydrogens is 646 g/mol. The monoisotopic (exact) mass is 674 g/mol. The van der Waals surface area contributed by atoms with E-state index in [1.165, 1.54) is 60.5 Å². The van der Waals surface area contributed by atoms with Gasteiger partial charge in [-0.3, -0.25) is 0 Å². The van der Waals surface area contributed by atoms with E-state index < -0.39 is 30.0 Å². The first kappa shape index (κ1) is 26.5. The summed E-state index contributed by atoms with van der Waals surface area (Å²) in [6.07, 6.45) is 0. The third-order valence-corrected chi connectivity index (χ3v) is 19.3. The maximum atomic E-state index is 7.92. The van der Waals surface area contributed by atoms with Crippen LogP contribution in [0.1, 0.15) is 0 Å². The average Bonchev–Trinajstić information content (AvgIpc) is 3.08. The van der Waals surface area contributed by atoms with Gasteiger partial charge in [0.25, 0.3) is 0 Å². The van der Waals surface area contributed by atoms with Gasteiger partial charge in [0.05, 0.1) is 0 Å². The summed E-state index contributed by atoms with van der Waals surface area (Å²) in [6.45, 7) is 0. The quantitative estimate of drug-likeness (QED) is 0.169. The molecule has 0 atom stereocenters. The Labute approximate surface area is 261 Å². The fourth-order valence-corrected chi connectivity index (χ4v) is 19.2. The first-order valence-electron chi connectivity index (χ1n) is 14.5. The molecule has 0 N–H and O–H groups in total. The Hall–Kier alpha value is -4.12. The van der Waals surface area contributed by atoms with Crippen LogP contribution in [0.2, 0.25) is 0 Å². The van der Waals surface area contributed by atoms with E-state index >= 15 is 0 Å². The molecular formula is C40H28As2O. The summed E-state index contributed by atoms with van der Waals surface area (Å²) in [6, 6.07) is 62.1. The van der Waals surface area contributed by atoms with E-state index in [0.29, 0.717) is 0 Å². The zero-order valence-corrected chi connectivity index (χ0v) is 27.2. The Morgan fingerprint density at radius 3 is 0.767 bits per heavy atom. The van der Waals surface area contributed by atoms with Gasteiger partial charge >= 0.3 is 263 Å². The first-order valence-corrected chi connectivity index (χ1v) is 19.8. The summed E-state index contributed by atoms with van der Waals surface area (Å²) in [5, 5.41) is 10.2. The van der Waals surface area contributed by atoms with Gasteiger partial charge in [0.1, 0.15) is 0 Å². The average molecular weight is 675 g/mol. The summed E-state index contributed by atoms with van der Waals surface area (Å²) in [4.78, 5) is 0. The van der Waals surface area contributed by atoms with Crippen molar-refractivity contribution in [3.63, 3.8) is 0 Å². The first-order chi connectivity index (χ1) is 21.3. The second-order valence-corrected chi connectivity index (χ2v) is 19.3. The van der Waals surface area contributed by atoms with E-state index in [0.717, 1.165) is 0 Å². The van der Waals surface area contributed by atoms with Crippen LogP contribution in [0.3, 0.4) is 0 Å². The Kier molecular flexibility index (Phi) is 7.10. The van der Waals surface area contributed by atoms with Crippen molar-refractivity contribution in [2.45, 2.75) is 0 Å². The maximum absolute atomic E-state index is 7.92. The Morgan fingerprint density at radius 2 is 0.488 bits per heavy atom. The molecule has 8 rings (SSSR count). The third-order valence-electron chi connectivity index (χ3n) is 8.10. The van der Waals surface area contributed by atoms with Gasteiger partial charge in [-0.25, -0.2) is 0 Å². The Bertz CT molecular complexity index is 1920. The van der Waals surface area contributed by atoms with Crippen LogP contribution in [-0.4, -0.2) is 30.0 Å². The van der Waals surface area contributed by atoms with Crippen molar-refractivity contribution in [2.75, 3.05) is 0 Å². The zero-order valence-electron chi connectivity index (χ0n) is 23.5. The molecule has 1 nitrogen and oxygen atoms in total. The summed E-state index contributed by atoms with van der Waals surface area (Å²) < 4.78 is 13.3. The molecule has 0 aliphatic rings. The van der Waals surface area contributed by atoms with Crippen LogP contribution in [0.5, 0.6) is 0 Å². The molecule has 8 aromatic carbocycles. The van der Waals surface area contributed by atoms with E-state index in [2.05, 4.69) is 170 Å². The second-order valence-electron chi connectivity index (χ2n) is 10.7. The zero-order chi connectivity index (χ0) is 28.6. The molecule has 204 valence electrons. The molecule has 0 bridgehead atoms. The third kappa shape index (κ3) is 4.89. The minimum absolute atomic E-state index is 1.26. The van der Waals surface area contributed by atoms with Crippen LogP contribution >= 0.6 is 0 Å². The van der Waals surface area contributed by atoms with E-state index in [1.807, 2.05) is 0 Å². The van der Waals surface area contributed by atoms with Gasteiger partial charge in [0, 0.05) is 0 Å². The van der Waals surface area contributed by atoms with Crippen molar-refractivity contribution >= 4 is 90.5 Å². The van der Waals surface area contributed by atoms with Crippen molar-refractivity contribution < 1.29 is 2.72 Å². The SMILES string of the molecule is c1ccc2c([As](O[As](c3cccc4ccccc34)c3cccc4ccccc34)c3cccc4ccccc34)cccc2c1. The fourth-order valence-electron chi connectivity index (χ4n) is 6.06. The van der Waals surface area contributed by atoms with Crippen molar-refractivity contribution in [1.82, 2.24) is 0 Å². The number of rotatable bonds is 6. The molecule has 3 heteroatoms. The van der Waals surface area contributed by atoms with Crippen LogP contribution < -0.4 is 17.4 Å². The molecule has 8 aromatic rings.